The van der Waals surface area contributed by atoms with Gasteiger partial charge in [-0.15, -0.1) is 0 Å². The number of benzene rings is 2. The van der Waals surface area contributed by atoms with Crippen molar-refractivity contribution in [2.24, 2.45) is 5.92 Å². The van der Waals surface area contributed by atoms with Gasteiger partial charge in [-0.1, -0.05) is 13.8 Å². The number of hydrogen-bond donors (Lipinski definition) is 3. The molecule has 1 atom stereocenters. The highest BCUT2D eigenvalue weighted by molar-refractivity contribution is 5.99. The Labute approximate surface area is 181 Å². The fourth-order valence-corrected chi connectivity index (χ4v) is 2.71. The molecule has 0 spiro atoms. The minimum Gasteiger partial charge on any atom is -0.497 e. The normalized spacial score (nSPS) is 11.3. The molecule has 2 aromatic rings. The summed E-state index contributed by atoms with van der Waals surface area (Å²) < 4.78 is 15.4. The molecule has 0 saturated heterocycles. The third kappa shape index (κ3) is 6.36. The van der Waals surface area contributed by atoms with Crippen molar-refractivity contribution in [3.8, 4) is 17.2 Å². The van der Waals surface area contributed by atoms with E-state index in [2.05, 4.69) is 16.2 Å². The maximum atomic E-state index is 12.7. The molecule has 0 radical (unpaired) electrons. The monoisotopic (exact) mass is 429 g/mol. The number of nitrogens with one attached hydrogen (secondary N) is 3. The average molecular weight is 429 g/mol. The predicted molar refractivity (Wildman–Crippen MR) is 114 cm³/mol. The van der Waals surface area contributed by atoms with Crippen LogP contribution in [-0.2, 0) is 4.79 Å². The summed E-state index contributed by atoms with van der Waals surface area (Å²) in [4.78, 5) is 37.6. The molecule has 166 valence electrons. The van der Waals surface area contributed by atoms with Gasteiger partial charge in [0, 0.05) is 17.2 Å². The first kappa shape index (κ1) is 23.5. The van der Waals surface area contributed by atoms with Crippen LogP contribution in [0, 0.1) is 5.92 Å². The SMILES string of the molecule is COc1ccc(C(=O)NNC(=O)[C@@H](NC(=O)c2cc(OC)cc(OC)c2)C(C)C)cc1. The highest BCUT2D eigenvalue weighted by Gasteiger charge is 2.25. The van der Waals surface area contributed by atoms with Crippen LogP contribution in [-0.4, -0.2) is 45.1 Å². The van der Waals surface area contributed by atoms with Crippen LogP contribution in [0.3, 0.4) is 0 Å². The lowest BCUT2D eigenvalue weighted by molar-refractivity contribution is -0.124. The van der Waals surface area contributed by atoms with Crippen LogP contribution in [0.15, 0.2) is 42.5 Å². The predicted octanol–water partition coefficient (Wildman–Crippen LogP) is 1.93. The van der Waals surface area contributed by atoms with Gasteiger partial charge in [-0.2, -0.15) is 0 Å². The second kappa shape index (κ2) is 10.9. The van der Waals surface area contributed by atoms with E-state index in [0.29, 0.717) is 22.8 Å². The number of rotatable bonds is 8. The second-order valence-electron chi connectivity index (χ2n) is 6.97. The molecule has 2 aromatic carbocycles. The standard InChI is InChI=1S/C22H27N3O6/c1-13(2)19(23-20(26)15-10-17(30-4)12-18(11-15)31-5)22(28)25-24-21(27)14-6-8-16(29-3)9-7-14/h6-13,19H,1-5H3,(H,23,26)(H,24,27)(H,25,28)/t19-/m0/s1. The van der Waals surface area contributed by atoms with Gasteiger partial charge in [-0.05, 0) is 42.3 Å². The molecule has 0 bridgehead atoms. The first-order chi connectivity index (χ1) is 14.8. The summed E-state index contributed by atoms with van der Waals surface area (Å²) in [6.45, 7) is 3.56. The van der Waals surface area contributed by atoms with Gasteiger partial charge in [0.1, 0.15) is 23.3 Å². The molecule has 3 N–H and O–H groups in total. The Hall–Kier alpha value is -3.75. The molecule has 0 aliphatic carbocycles. The van der Waals surface area contributed by atoms with Crippen molar-refractivity contribution in [1.29, 1.82) is 0 Å². The van der Waals surface area contributed by atoms with E-state index in [4.69, 9.17) is 14.2 Å². The van der Waals surface area contributed by atoms with E-state index in [9.17, 15) is 14.4 Å². The first-order valence-corrected chi connectivity index (χ1v) is 9.57. The summed E-state index contributed by atoms with van der Waals surface area (Å²) in [5, 5.41) is 2.68. The molecule has 2 rings (SSSR count). The third-order valence-electron chi connectivity index (χ3n) is 4.50. The molecule has 9 nitrogen and oxygen atoms in total. The van der Waals surface area contributed by atoms with Crippen LogP contribution >= 0.6 is 0 Å². The maximum absolute atomic E-state index is 12.7. The Bertz CT molecular complexity index is 905. The second-order valence-corrected chi connectivity index (χ2v) is 6.97. The number of hydrazine groups is 1. The van der Waals surface area contributed by atoms with Crippen LogP contribution < -0.4 is 30.4 Å². The molecule has 9 heteroatoms. The van der Waals surface area contributed by atoms with Gasteiger partial charge in [-0.25, -0.2) is 0 Å². The van der Waals surface area contributed by atoms with Crippen molar-refractivity contribution < 1.29 is 28.6 Å². The first-order valence-electron chi connectivity index (χ1n) is 9.57. The number of carbonyl (C=O) groups excluding carboxylic acids is 3. The highest BCUT2D eigenvalue weighted by Crippen LogP contribution is 2.22. The van der Waals surface area contributed by atoms with Crippen LogP contribution in [0.2, 0.25) is 0 Å². The van der Waals surface area contributed by atoms with Crippen LogP contribution in [0.5, 0.6) is 17.2 Å². The zero-order valence-corrected chi connectivity index (χ0v) is 18.1. The number of methoxy groups -OCH3 is 3. The van der Waals surface area contributed by atoms with Gasteiger partial charge in [0.25, 0.3) is 17.7 Å². The minimum absolute atomic E-state index is 0.241. The van der Waals surface area contributed by atoms with Crippen molar-refractivity contribution in [3.05, 3.63) is 53.6 Å². The van der Waals surface area contributed by atoms with E-state index in [1.54, 1.807) is 56.3 Å². The lowest BCUT2D eigenvalue weighted by Crippen LogP contribution is -2.54. The molecule has 3 amide bonds. The summed E-state index contributed by atoms with van der Waals surface area (Å²) >= 11 is 0. The zero-order valence-electron chi connectivity index (χ0n) is 18.1. The minimum atomic E-state index is -0.888. The molecule has 0 aromatic heterocycles. The summed E-state index contributed by atoms with van der Waals surface area (Å²) in [7, 11) is 4.48. The van der Waals surface area contributed by atoms with Gasteiger partial charge in [0.2, 0.25) is 0 Å². The van der Waals surface area contributed by atoms with E-state index < -0.39 is 23.8 Å². The lowest BCUT2D eigenvalue weighted by atomic mass is 10.0. The molecular formula is C22H27N3O6. The third-order valence-corrected chi connectivity index (χ3v) is 4.50. The number of ether oxygens (including phenoxy) is 3. The number of hydrogen-bond acceptors (Lipinski definition) is 6. The largest absolute Gasteiger partial charge is 0.497 e. The van der Waals surface area contributed by atoms with E-state index in [-0.39, 0.29) is 11.5 Å². The smallest absolute Gasteiger partial charge is 0.269 e. The fraction of sp³-hybridized carbons (Fsp3) is 0.318. The van der Waals surface area contributed by atoms with Crippen molar-refractivity contribution in [3.63, 3.8) is 0 Å². The van der Waals surface area contributed by atoms with Crippen molar-refractivity contribution >= 4 is 17.7 Å². The summed E-state index contributed by atoms with van der Waals surface area (Å²) in [6.07, 6.45) is 0. The number of carbonyl (C=O) groups is 3. The average Bonchev–Trinajstić information content (AvgIpc) is 2.79. The molecule has 0 saturated carbocycles. The molecular weight excluding hydrogens is 402 g/mol. The fourth-order valence-electron chi connectivity index (χ4n) is 2.71. The van der Waals surface area contributed by atoms with E-state index >= 15 is 0 Å². The van der Waals surface area contributed by atoms with Gasteiger partial charge in [0.05, 0.1) is 21.3 Å². The lowest BCUT2D eigenvalue weighted by Gasteiger charge is -2.22. The molecule has 31 heavy (non-hydrogen) atoms. The van der Waals surface area contributed by atoms with Crippen LogP contribution in [0.4, 0.5) is 0 Å². The molecule has 0 aliphatic rings. The summed E-state index contributed by atoms with van der Waals surface area (Å²) in [6, 6.07) is 10.2. The molecule has 0 unspecified atom stereocenters. The van der Waals surface area contributed by atoms with Gasteiger partial charge in [0.15, 0.2) is 0 Å². The topological polar surface area (TPSA) is 115 Å². The Kier molecular flexibility index (Phi) is 8.25. The van der Waals surface area contributed by atoms with Gasteiger partial charge < -0.3 is 19.5 Å². The van der Waals surface area contributed by atoms with E-state index in [1.807, 2.05) is 0 Å². The zero-order chi connectivity index (χ0) is 23.0. The highest BCUT2D eigenvalue weighted by atomic mass is 16.5. The van der Waals surface area contributed by atoms with E-state index in [0.717, 1.165) is 0 Å². The number of amides is 3. The van der Waals surface area contributed by atoms with Crippen molar-refractivity contribution in [2.45, 2.75) is 19.9 Å². The molecule has 0 fully saturated rings. The van der Waals surface area contributed by atoms with Gasteiger partial charge in [-0.3, -0.25) is 25.2 Å². The van der Waals surface area contributed by atoms with Crippen LogP contribution in [0.25, 0.3) is 0 Å². The van der Waals surface area contributed by atoms with Crippen LogP contribution in [0.1, 0.15) is 34.6 Å². The van der Waals surface area contributed by atoms with Crippen molar-refractivity contribution in [1.82, 2.24) is 16.2 Å². The Morgan fingerprint density at radius 1 is 0.710 bits per heavy atom. The quantitative estimate of drug-likeness (QED) is 0.553. The van der Waals surface area contributed by atoms with Crippen molar-refractivity contribution in [2.75, 3.05) is 21.3 Å². The Morgan fingerprint density at radius 3 is 1.74 bits per heavy atom. The van der Waals surface area contributed by atoms with E-state index in [1.165, 1.54) is 21.3 Å². The Morgan fingerprint density at radius 2 is 1.26 bits per heavy atom. The summed E-state index contributed by atoms with van der Waals surface area (Å²) in [5.74, 6) is -0.273. The van der Waals surface area contributed by atoms with Gasteiger partial charge >= 0.3 is 0 Å². The molecule has 0 heterocycles. The molecule has 0 aliphatic heterocycles. The summed E-state index contributed by atoms with van der Waals surface area (Å²) in [5.41, 5.74) is 5.33. The Balaban J connectivity index is 2.04. The maximum Gasteiger partial charge on any atom is 0.269 e.